The normalized spacial score (nSPS) is 18.2. The van der Waals surface area contributed by atoms with Crippen molar-refractivity contribution in [2.45, 2.75) is 26.3 Å². The topological polar surface area (TPSA) is 85.2 Å². The Hall–Kier alpha value is -2.83. The highest BCUT2D eigenvalue weighted by Crippen LogP contribution is 2.37. The fourth-order valence-corrected chi connectivity index (χ4v) is 2.73. The lowest BCUT2D eigenvalue weighted by Crippen LogP contribution is -2.31. The number of nitrogens with one attached hydrogen (secondary N) is 2. The van der Waals surface area contributed by atoms with Gasteiger partial charge >= 0.3 is 0 Å². The minimum atomic E-state index is -0.104. The van der Waals surface area contributed by atoms with E-state index in [-0.39, 0.29) is 24.2 Å². The van der Waals surface area contributed by atoms with Gasteiger partial charge in [-0.3, -0.25) is 9.59 Å². The Morgan fingerprint density at radius 2 is 1.96 bits per heavy atom. The minimum Gasteiger partial charge on any atom is -0.497 e. The molecule has 1 heterocycles. The van der Waals surface area contributed by atoms with Crippen molar-refractivity contribution in [2.75, 3.05) is 13.7 Å². The predicted molar refractivity (Wildman–Crippen MR) is 96.9 cm³/mol. The number of nitrogens with zero attached hydrogens (tertiary/aromatic N) is 2. The summed E-state index contributed by atoms with van der Waals surface area (Å²) in [5.74, 6) is 1.36. The molecule has 7 heteroatoms. The van der Waals surface area contributed by atoms with Crippen LogP contribution in [0.15, 0.2) is 36.5 Å². The number of amides is 2. The average Bonchev–Trinajstić information content (AvgIpc) is 3.20. The van der Waals surface area contributed by atoms with Crippen LogP contribution in [-0.4, -0.2) is 35.2 Å². The molecule has 1 aromatic carbocycles. The lowest BCUT2D eigenvalue weighted by atomic mass is 10.3. The third-order valence-corrected chi connectivity index (χ3v) is 4.55. The zero-order valence-corrected chi connectivity index (χ0v) is 15.1. The molecule has 0 aliphatic heterocycles. The molecular weight excluding hydrogens is 332 g/mol. The third-order valence-electron chi connectivity index (χ3n) is 4.55. The molecular formula is C19H24N4O3. The highest BCUT2D eigenvalue weighted by molar-refractivity contribution is 5.82. The molecule has 1 aliphatic rings. The number of carbonyl (C=O) groups is 2. The van der Waals surface area contributed by atoms with E-state index in [9.17, 15) is 9.59 Å². The number of rotatable bonds is 8. The summed E-state index contributed by atoms with van der Waals surface area (Å²) < 4.78 is 6.89. The molecule has 0 saturated heterocycles. The largest absolute Gasteiger partial charge is 0.497 e. The van der Waals surface area contributed by atoms with Crippen molar-refractivity contribution >= 4 is 11.8 Å². The molecule has 2 amide bonds. The van der Waals surface area contributed by atoms with Gasteiger partial charge in [0.05, 0.1) is 25.0 Å². The van der Waals surface area contributed by atoms with Gasteiger partial charge < -0.3 is 15.4 Å². The van der Waals surface area contributed by atoms with Gasteiger partial charge in [-0.05, 0) is 42.7 Å². The van der Waals surface area contributed by atoms with Crippen molar-refractivity contribution in [3.63, 3.8) is 0 Å². The highest BCUT2D eigenvalue weighted by Gasteiger charge is 2.38. The van der Waals surface area contributed by atoms with E-state index >= 15 is 0 Å². The van der Waals surface area contributed by atoms with Crippen LogP contribution in [-0.2, 0) is 16.1 Å². The van der Waals surface area contributed by atoms with Crippen LogP contribution in [0.1, 0.15) is 25.5 Å². The van der Waals surface area contributed by atoms with Gasteiger partial charge in [0.1, 0.15) is 5.75 Å². The van der Waals surface area contributed by atoms with Gasteiger partial charge in [-0.2, -0.15) is 5.10 Å². The van der Waals surface area contributed by atoms with E-state index in [2.05, 4.69) is 22.7 Å². The first kappa shape index (κ1) is 18.0. The van der Waals surface area contributed by atoms with E-state index in [1.54, 1.807) is 11.8 Å². The standard InChI is InChI=1S/C19H24N4O3/c1-13-11-17(13)19(25)20-9-7-18(24)21-12-14-8-10-23(22-14)15-3-5-16(26-2)6-4-15/h3-6,8,10,13,17H,7,9,11-12H2,1-2H3,(H,20,25)(H,21,24)/t13-,17-/m0/s1. The van der Waals surface area contributed by atoms with Crippen LogP contribution in [0.5, 0.6) is 5.75 Å². The van der Waals surface area contributed by atoms with Crippen LogP contribution in [0.2, 0.25) is 0 Å². The fraction of sp³-hybridized carbons (Fsp3) is 0.421. The summed E-state index contributed by atoms with van der Waals surface area (Å²) in [6.07, 6.45) is 3.07. The Morgan fingerprint density at radius 1 is 1.23 bits per heavy atom. The van der Waals surface area contributed by atoms with Crippen LogP contribution in [0.3, 0.4) is 0 Å². The second-order valence-electron chi connectivity index (χ2n) is 6.59. The predicted octanol–water partition coefficient (Wildman–Crippen LogP) is 1.66. The molecule has 1 aliphatic carbocycles. The summed E-state index contributed by atoms with van der Waals surface area (Å²) in [5.41, 5.74) is 1.69. The first-order chi connectivity index (χ1) is 12.6. The Balaban J connectivity index is 1.41. The first-order valence-corrected chi connectivity index (χ1v) is 8.80. The van der Waals surface area contributed by atoms with Gasteiger partial charge in [0.2, 0.25) is 11.8 Å². The van der Waals surface area contributed by atoms with E-state index in [1.807, 2.05) is 36.5 Å². The lowest BCUT2D eigenvalue weighted by molar-refractivity contribution is -0.123. The first-order valence-electron chi connectivity index (χ1n) is 8.80. The zero-order valence-electron chi connectivity index (χ0n) is 15.1. The van der Waals surface area contributed by atoms with Crippen molar-refractivity contribution in [2.24, 2.45) is 11.8 Å². The molecule has 0 spiro atoms. The number of hydrogen-bond acceptors (Lipinski definition) is 4. The average molecular weight is 356 g/mol. The van der Waals surface area contributed by atoms with Crippen LogP contribution in [0, 0.1) is 11.8 Å². The molecule has 26 heavy (non-hydrogen) atoms. The number of hydrogen-bond donors (Lipinski definition) is 2. The van der Waals surface area contributed by atoms with Gasteiger partial charge in [-0.25, -0.2) is 4.68 Å². The van der Waals surface area contributed by atoms with Crippen molar-refractivity contribution in [3.05, 3.63) is 42.2 Å². The van der Waals surface area contributed by atoms with Crippen molar-refractivity contribution in [3.8, 4) is 11.4 Å². The Kier molecular flexibility index (Phi) is 5.55. The van der Waals surface area contributed by atoms with E-state index in [1.165, 1.54) is 0 Å². The van der Waals surface area contributed by atoms with E-state index < -0.39 is 0 Å². The zero-order chi connectivity index (χ0) is 18.5. The van der Waals surface area contributed by atoms with Crippen LogP contribution >= 0.6 is 0 Å². The summed E-state index contributed by atoms with van der Waals surface area (Å²) in [4.78, 5) is 23.6. The Bertz CT molecular complexity index is 769. The smallest absolute Gasteiger partial charge is 0.223 e. The molecule has 3 rings (SSSR count). The maximum atomic E-state index is 11.9. The Labute approximate surface area is 152 Å². The Morgan fingerprint density at radius 3 is 2.62 bits per heavy atom. The van der Waals surface area contributed by atoms with Gasteiger partial charge in [-0.15, -0.1) is 0 Å². The SMILES string of the molecule is COc1ccc(-n2ccc(CNC(=O)CCNC(=O)[C@H]3C[C@@H]3C)n2)cc1. The van der Waals surface area contributed by atoms with Gasteiger partial charge in [-0.1, -0.05) is 6.92 Å². The van der Waals surface area contributed by atoms with Crippen molar-refractivity contribution < 1.29 is 14.3 Å². The number of aromatic nitrogens is 2. The van der Waals surface area contributed by atoms with Crippen LogP contribution in [0.25, 0.3) is 5.69 Å². The van der Waals surface area contributed by atoms with Gasteiger partial charge in [0.15, 0.2) is 0 Å². The minimum absolute atomic E-state index is 0.0588. The molecule has 1 aromatic heterocycles. The monoisotopic (exact) mass is 356 g/mol. The molecule has 2 N–H and O–H groups in total. The molecule has 0 radical (unpaired) electrons. The quantitative estimate of drug-likeness (QED) is 0.753. The molecule has 138 valence electrons. The van der Waals surface area contributed by atoms with E-state index in [4.69, 9.17) is 4.74 Å². The molecule has 0 unspecified atom stereocenters. The molecule has 7 nitrogen and oxygen atoms in total. The van der Waals surface area contributed by atoms with E-state index in [0.717, 1.165) is 23.6 Å². The van der Waals surface area contributed by atoms with Crippen molar-refractivity contribution in [1.82, 2.24) is 20.4 Å². The maximum Gasteiger partial charge on any atom is 0.223 e. The second-order valence-corrected chi connectivity index (χ2v) is 6.59. The summed E-state index contributed by atoms with van der Waals surface area (Å²) in [7, 11) is 1.63. The number of benzene rings is 1. The molecule has 2 atom stereocenters. The number of ether oxygens (including phenoxy) is 1. The maximum absolute atomic E-state index is 11.9. The summed E-state index contributed by atoms with van der Waals surface area (Å²) >= 11 is 0. The number of carbonyl (C=O) groups excluding carboxylic acids is 2. The van der Waals surface area contributed by atoms with E-state index in [0.29, 0.717) is 19.0 Å². The third kappa shape index (κ3) is 4.62. The lowest BCUT2D eigenvalue weighted by Gasteiger charge is -2.06. The molecule has 0 bridgehead atoms. The summed E-state index contributed by atoms with van der Waals surface area (Å²) in [5, 5.41) is 10.1. The van der Waals surface area contributed by atoms with Gasteiger partial charge in [0.25, 0.3) is 0 Å². The number of methoxy groups -OCH3 is 1. The van der Waals surface area contributed by atoms with Crippen LogP contribution < -0.4 is 15.4 Å². The molecule has 1 fully saturated rings. The molecule has 1 saturated carbocycles. The summed E-state index contributed by atoms with van der Waals surface area (Å²) in [6.45, 7) is 2.78. The van der Waals surface area contributed by atoms with Crippen LogP contribution in [0.4, 0.5) is 0 Å². The van der Waals surface area contributed by atoms with Crippen molar-refractivity contribution in [1.29, 1.82) is 0 Å². The fourth-order valence-electron chi connectivity index (χ4n) is 2.73. The van der Waals surface area contributed by atoms with Gasteiger partial charge in [0, 0.05) is 25.1 Å². The second kappa shape index (κ2) is 8.03. The summed E-state index contributed by atoms with van der Waals surface area (Å²) in [6, 6.07) is 9.43. The highest BCUT2D eigenvalue weighted by atomic mass is 16.5. The molecule has 2 aromatic rings.